The number of aromatic nitrogens is 2. The molecule has 3 N–H and O–H groups in total. The number of aryl methyl sites for hydroxylation is 3. The van der Waals surface area contributed by atoms with Crippen molar-refractivity contribution in [3.05, 3.63) is 52.8 Å². The Balaban J connectivity index is 2.40. The minimum atomic E-state index is -0.0238. The Kier molecular flexibility index (Phi) is 4.35. The lowest BCUT2D eigenvalue weighted by atomic mass is 10.0. The predicted octanol–water partition coefficient (Wildman–Crippen LogP) is 2.10. The average molecular weight is 258 g/mol. The second-order valence-electron chi connectivity index (χ2n) is 4.74. The Morgan fingerprint density at radius 2 is 2.05 bits per heavy atom. The summed E-state index contributed by atoms with van der Waals surface area (Å²) < 4.78 is 1.90. The van der Waals surface area contributed by atoms with Gasteiger partial charge in [0, 0.05) is 7.05 Å². The molecule has 1 atom stereocenters. The van der Waals surface area contributed by atoms with Gasteiger partial charge in [0.25, 0.3) is 0 Å². The number of nitrogens with one attached hydrogen (secondary N) is 1. The minimum Gasteiger partial charge on any atom is -0.271 e. The third-order valence-corrected chi connectivity index (χ3v) is 3.48. The molecule has 1 unspecified atom stereocenters. The van der Waals surface area contributed by atoms with Gasteiger partial charge in [0.15, 0.2) is 0 Å². The van der Waals surface area contributed by atoms with Gasteiger partial charge in [-0.1, -0.05) is 38.1 Å². The summed E-state index contributed by atoms with van der Waals surface area (Å²) in [7, 11) is 1.96. The van der Waals surface area contributed by atoms with Crippen LogP contribution < -0.4 is 11.3 Å². The maximum Gasteiger partial charge on any atom is 0.0878 e. The summed E-state index contributed by atoms with van der Waals surface area (Å²) in [4.78, 5) is 0. The number of rotatable bonds is 5. The van der Waals surface area contributed by atoms with Gasteiger partial charge in [0.1, 0.15) is 0 Å². The molecule has 4 heteroatoms. The van der Waals surface area contributed by atoms with Crippen LogP contribution >= 0.6 is 0 Å². The predicted molar refractivity (Wildman–Crippen MR) is 77.6 cm³/mol. The van der Waals surface area contributed by atoms with Crippen LogP contribution in [-0.4, -0.2) is 9.78 Å². The molecule has 0 spiro atoms. The Hall–Kier alpha value is -1.65. The lowest BCUT2D eigenvalue weighted by Crippen LogP contribution is -2.30. The molecule has 0 saturated carbocycles. The summed E-state index contributed by atoms with van der Waals surface area (Å²) in [6.45, 7) is 4.26. The van der Waals surface area contributed by atoms with Gasteiger partial charge in [-0.3, -0.25) is 10.5 Å². The molecule has 19 heavy (non-hydrogen) atoms. The molecule has 1 heterocycles. The van der Waals surface area contributed by atoms with Crippen molar-refractivity contribution in [2.24, 2.45) is 12.9 Å². The zero-order valence-electron chi connectivity index (χ0n) is 11.9. The molecule has 0 aliphatic carbocycles. The van der Waals surface area contributed by atoms with Crippen molar-refractivity contribution >= 4 is 0 Å². The molecule has 1 aromatic carbocycles. The Morgan fingerprint density at radius 1 is 1.26 bits per heavy atom. The van der Waals surface area contributed by atoms with E-state index in [9.17, 15) is 0 Å². The van der Waals surface area contributed by atoms with Gasteiger partial charge in [-0.2, -0.15) is 5.10 Å². The van der Waals surface area contributed by atoms with Crippen LogP contribution in [0.4, 0.5) is 0 Å². The van der Waals surface area contributed by atoms with Crippen LogP contribution in [0.5, 0.6) is 0 Å². The van der Waals surface area contributed by atoms with Crippen molar-refractivity contribution in [3.63, 3.8) is 0 Å². The number of nitrogens with zero attached hydrogens (tertiary/aromatic N) is 2. The molecule has 0 amide bonds. The highest BCUT2D eigenvalue weighted by Crippen LogP contribution is 2.23. The van der Waals surface area contributed by atoms with E-state index in [4.69, 9.17) is 5.84 Å². The maximum atomic E-state index is 5.76. The number of hydrogen-bond donors (Lipinski definition) is 2. The van der Waals surface area contributed by atoms with E-state index in [0.717, 1.165) is 24.2 Å². The van der Waals surface area contributed by atoms with Crippen molar-refractivity contribution in [1.82, 2.24) is 15.2 Å². The molecule has 4 nitrogen and oxygen atoms in total. The van der Waals surface area contributed by atoms with E-state index in [-0.39, 0.29) is 6.04 Å². The largest absolute Gasteiger partial charge is 0.271 e. The highest BCUT2D eigenvalue weighted by Gasteiger charge is 2.17. The SMILES string of the molecule is CCc1cccc(C(NN)c2cc(CC)nn2C)c1. The maximum absolute atomic E-state index is 5.76. The van der Waals surface area contributed by atoms with Crippen LogP contribution in [0.15, 0.2) is 30.3 Å². The lowest BCUT2D eigenvalue weighted by molar-refractivity contribution is 0.573. The van der Waals surface area contributed by atoms with E-state index in [0.29, 0.717) is 0 Å². The fraction of sp³-hybridized carbons (Fsp3) is 0.400. The molecule has 0 aliphatic heterocycles. The van der Waals surface area contributed by atoms with E-state index in [1.165, 1.54) is 11.1 Å². The van der Waals surface area contributed by atoms with E-state index in [2.05, 4.69) is 54.7 Å². The van der Waals surface area contributed by atoms with E-state index < -0.39 is 0 Å². The zero-order chi connectivity index (χ0) is 13.8. The molecule has 2 aromatic rings. The lowest BCUT2D eigenvalue weighted by Gasteiger charge is -2.17. The number of nitrogens with two attached hydrogens (primary N) is 1. The molecule has 0 fully saturated rings. The summed E-state index contributed by atoms with van der Waals surface area (Å²) in [6, 6.07) is 10.6. The standard InChI is InChI=1S/C15H22N4/c1-4-11-7-6-8-12(9-11)15(17-16)14-10-13(5-2)18-19(14)3/h6-10,15,17H,4-5,16H2,1-3H3. The van der Waals surface area contributed by atoms with Crippen LogP contribution in [0.2, 0.25) is 0 Å². The Labute approximate surface area is 114 Å². The summed E-state index contributed by atoms with van der Waals surface area (Å²) in [5, 5.41) is 4.49. The quantitative estimate of drug-likeness (QED) is 0.638. The molecular weight excluding hydrogens is 236 g/mol. The number of hydrogen-bond acceptors (Lipinski definition) is 3. The van der Waals surface area contributed by atoms with Gasteiger partial charge in [0.05, 0.1) is 17.4 Å². The first-order chi connectivity index (χ1) is 9.19. The first-order valence-corrected chi connectivity index (χ1v) is 6.77. The molecule has 0 radical (unpaired) electrons. The van der Waals surface area contributed by atoms with Gasteiger partial charge < -0.3 is 0 Å². The topological polar surface area (TPSA) is 55.9 Å². The summed E-state index contributed by atoms with van der Waals surface area (Å²) in [6.07, 6.45) is 1.96. The summed E-state index contributed by atoms with van der Waals surface area (Å²) in [5.41, 5.74) is 7.57. The van der Waals surface area contributed by atoms with Crippen molar-refractivity contribution in [3.8, 4) is 0 Å². The zero-order valence-corrected chi connectivity index (χ0v) is 11.9. The Morgan fingerprint density at radius 3 is 2.63 bits per heavy atom. The van der Waals surface area contributed by atoms with Crippen molar-refractivity contribution in [1.29, 1.82) is 0 Å². The van der Waals surface area contributed by atoms with Crippen LogP contribution in [0, 0.1) is 0 Å². The van der Waals surface area contributed by atoms with Gasteiger partial charge >= 0.3 is 0 Å². The molecule has 1 aromatic heterocycles. The van der Waals surface area contributed by atoms with Crippen LogP contribution in [-0.2, 0) is 19.9 Å². The third-order valence-electron chi connectivity index (χ3n) is 3.48. The normalized spacial score (nSPS) is 12.6. The van der Waals surface area contributed by atoms with Gasteiger partial charge in [-0.25, -0.2) is 5.43 Å². The van der Waals surface area contributed by atoms with Crippen molar-refractivity contribution in [2.45, 2.75) is 32.7 Å². The van der Waals surface area contributed by atoms with Crippen molar-refractivity contribution < 1.29 is 0 Å². The van der Waals surface area contributed by atoms with E-state index in [1.54, 1.807) is 0 Å². The number of benzene rings is 1. The fourth-order valence-corrected chi connectivity index (χ4v) is 2.33. The van der Waals surface area contributed by atoms with Gasteiger partial charge in [-0.15, -0.1) is 0 Å². The van der Waals surface area contributed by atoms with Crippen molar-refractivity contribution in [2.75, 3.05) is 0 Å². The second-order valence-corrected chi connectivity index (χ2v) is 4.74. The highest BCUT2D eigenvalue weighted by atomic mass is 15.3. The van der Waals surface area contributed by atoms with Gasteiger partial charge in [-0.05, 0) is 30.0 Å². The van der Waals surface area contributed by atoms with E-state index in [1.807, 2.05) is 11.7 Å². The van der Waals surface area contributed by atoms with Crippen LogP contribution in [0.1, 0.15) is 42.4 Å². The molecular formula is C15H22N4. The highest BCUT2D eigenvalue weighted by molar-refractivity contribution is 5.32. The molecule has 0 saturated heterocycles. The molecule has 0 aliphatic rings. The summed E-state index contributed by atoms with van der Waals surface area (Å²) in [5.74, 6) is 5.76. The fourth-order valence-electron chi connectivity index (χ4n) is 2.33. The van der Waals surface area contributed by atoms with Crippen LogP contribution in [0.3, 0.4) is 0 Å². The first kappa shape index (κ1) is 13.8. The first-order valence-electron chi connectivity index (χ1n) is 6.77. The molecule has 102 valence electrons. The average Bonchev–Trinajstić information content (AvgIpc) is 2.81. The van der Waals surface area contributed by atoms with Gasteiger partial charge in [0.2, 0.25) is 0 Å². The second kappa shape index (κ2) is 5.99. The molecule has 0 bridgehead atoms. The third kappa shape index (κ3) is 2.85. The molecule has 2 rings (SSSR count). The smallest absolute Gasteiger partial charge is 0.0878 e. The summed E-state index contributed by atoms with van der Waals surface area (Å²) >= 11 is 0. The Bertz CT molecular complexity index is 545. The number of hydrazine groups is 1. The van der Waals surface area contributed by atoms with E-state index >= 15 is 0 Å². The minimum absolute atomic E-state index is 0.0238. The van der Waals surface area contributed by atoms with Crippen LogP contribution in [0.25, 0.3) is 0 Å². The monoisotopic (exact) mass is 258 g/mol.